The van der Waals surface area contributed by atoms with E-state index in [4.69, 9.17) is 10.5 Å². The standard InChI is InChI=1S/C21H24N4O/c1-4-15-5-11-18(12-6-15)26-21-19(22)20(23-13-24-21)25-17-9-7-16(8-10-17)14(2)3/h5-14H,4,22H2,1-3H3,(H,23,24,25). The van der Waals surface area contributed by atoms with Crippen LogP contribution in [-0.4, -0.2) is 9.97 Å². The van der Waals surface area contributed by atoms with Crippen LogP contribution >= 0.6 is 0 Å². The Kier molecular flexibility index (Phi) is 5.37. The average Bonchev–Trinajstić information content (AvgIpc) is 2.66. The van der Waals surface area contributed by atoms with Gasteiger partial charge in [0.1, 0.15) is 17.8 Å². The van der Waals surface area contributed by atoms with Crippen molar-refractivity contribution in [3.63, 3.8) is 0 Å². The van der Waals surface area contributed by atoms with Crippen molar-refractivity contribution in [2.24, 2.45) is 0 Å². The summed E-state index contributed by atoms with van der Waals surface area (Å²) in [5, 5.41) is 3.23. The summed E-state index contributed by atoms with van der Waals surface area (Å²) in [6, 6.07) is 16.1. The number of nitrogens with zero attached hydrogens (tertiary/aromatic N) is 2. The molecule has 0 unspecified atom stereocenters. The van der Waals surface area contributed by atoms with Crippen molar-refractivity contribution in [3.8, 4) is 11.6 Å². The first-order valence-corrected chi connectivity index (χ1v) is 8.81. The zero-order valence-electron chi connectivity index (χ0n) is 15.4. The van der Waals surface area contributed by atoms with E-state index in [0.29, 0.717) is 29.1 Å². The Hall–Kier alpha value is -3.08. The predicted molar refractivity (Wildman–Crippen MR) is 106 cm³/mol. The molecule has 3 rings (SSSR count). The van der Waals surface area contributed by atoms with Crippen molar-refractivity contribution in [2.45, 2.75) is 33.1 Å². The van der Waals surface area contributed by atoms with Crippen LogP contribution in [0.1, 0.15) is 37.8 Å². The number of aromatic nitrogens is 2. The molecule has 5 nitrogen and oxygen atoms in total. The van der Waals surface area contributed by atoms with Gasteiger partial charge in [0.25, 0.3) is 0 Å². The van der Waals surface area contributed by atoms with E-state index >= 15 is 0 Å². The molecule has 0 aliphatic carbocycles. The van der Waals surface area contributed by atoms with Gasteiger partial charge < -0.3 is 15.8 Å². The first kappa shape index (κ1) is 17.7. The highest BCUT2D eigenvalue weighted by molar-refractivity contribution is 5.72. The van der Waals surface area contributed by atoms with Crippen LogP contribution in [0.25, 0.3) is 0 Å². The van der Waals surface area contributed by atoms with Crippen LogP contribution < -0.4 is 15.8 Å². The second kappa shape index (κ2) is 7.87. The Labute approximate surface area is 154 Å². The smallest absolute Gasteiger partial charge is 0.248 e. The quantitative estimate of drug-likeness (QED) is 0.634. The molecule has 26 heavy (non-hydrogen) atoms. The minimum Gasteiger partial charge on any atom is -0.437 e. The van der Waals surface area contributed by atoms with E-state index < -0.39 is 0 Å². The molecule has 3 aromatic rings. The number of nitrogen functional groups attached to an aromatic ring is 1. The van der Waals surface area contributed by atoms with Gasteiger partial charge in [-0.05, 0) is 47.7 Å². The molecule has 0 saturated carbocycles. The lowest BCUT2D eigenvalue weighted by molar-refractivity contribution is 0.464. The summed E-state index contributed by atoms with van der Waals surface area (Å²) in [6.45, 7) is 6.45. The molecule has 134 valence electrons. The molecular weight excluding hydrogens is 324 g/mol. The van der Waals surface area contributed by atoms with Gasteiger partial charge in [0.15, 0.2) is 5.82 Å². The van der Waals surface area contributed by atoms with Gasteiger partial charge in [0.05, 0.1) is 0 Å². The number of hydrogen-bond acceptors (Lipinski definition) is 5. The average molecular weight is 348 g/mol. The largest absolute Gasteiger partial charge is 0.437 e. The lowest BCUT2D eigenvalue weighted by Gasteiger charge is -2.13. The minimum absolute atomic E-state index is 0.338. The Morgan fingerprint density at radius 2 is 1.69 bits per heavy atom. The zero-order valence-corrected chi connectivity index (χ0v) is 15.4. The molecule has 0 fully saturated rings. The van der Waals surface area contributed by atoms with E-state index in [-0.39, 0.29) is 0 Å². The first-order valence-electron chi connectivity index (χ1n) is 8.81. The Bertz CT molecular complexity index is 858. The predicted octanol–water partition coefficient (Wildman–Crippen LogP) is 5.28. The van der Waals surface area contributed by atoms with Gasteiger partial charge in [-0.2, -0.15) is 4.98 Å². The molecule has 0 saturated heterocycles. The zero-order chi connectivity index (χ0) is 18.5. The normalized spacial score (nSPS) is 10.8. The molecule has 1 heterocycles. The lowest BCUT2D eigenvalue weighted by Crippen LogP contribution is -2.03. The highest BCUT2D eigenvalue weighted by atomic mass is 16.5. The van der Waals surface area contributed by atoms with Gasteiger partial charge in [-0.15, -0.1) is 0 Å². The fourth-order valence-electron chi connectivity index (χ4n) is 2.55. The van der Waals surface area contributed by atoms with Crippen molar-refractivity contribution in [2.75, 3.05) is 11.1 Å². The van der Waals surface area contributed by atoms with Gasteiger partial charge in [-0.3, -0.25) is 0 Å². The SMILES string of the molecule is CCc1ccc(Oc2ncnc(Nc3ccc(C(C)C)cc3)c2N)cc1. The summed E-state index contributed by atoms with van der Waals surface area (Å²) in [4.78, 5) is 8.39. The number of rotatable bonds is 6. The number of nitrogens with two attached hydrogens (primary N) is 1. The summed E-state index contributed by atoms with van der Waals surface area (Å²) in [6.07, 6.45) is 2.43. The van der Waals surface area contributed by atoms with E-state index in [0.717, 1.165) is 12.1 Å². The number of hydrogen-bond donors (Lipinski definition) is 2. The molecule has 0 bridgehead atoms. The van der Waals surface area contributed by atoms with Crippen molar-refractivity contribution in [1.82, 2.24) is 9.97 Å². The third kappa shape index (κ3) is 4.11. The minimum atomic E-state index is 0.338. The molecular formula is C21H24N4O. The second-order valence-electron chi connectivity index (χ2n) is 6.44. The maximum absolute atomic E-state index is 6.20. The van der Waals surface area contributed by atoms with Crippen LogP contribution in [0.4, 0.5) is 17.2 Å². The molecule has 0 atom stereocenters. The van der Waals surface area contributed by atoms with Gasteiger partial charge in [0, 0.05) is 5.69 Å². The number of nitrogens with one attached hydrogen (secondary N) is 1. The van der Waals surface area contributed by atoms with Gasteiger partial charge in [0.2, 0.25) is 5.88 Å². The molecule has 3 N–H and O–H groups in total. The summed E-state index contributed by atoms with van der Waals surface area (Å²) >= 11 is 0. The highest BCUT2D eigenvalue weighted by Gasteiger charge is 2.11. The van der Waals surface area contributed by atoms with Crippen molar-refractivity contribution in [1.29, 1.82) is 0 Å². The van der Waals surface area contributed by atoms with Crippen LogP contribution in [0.5, 0.6) is 11.6 Å². The van der Waals surface area contributed by atoms with E-state index in [1.54, 1.807) is 0 Å². The van der Waals surface area contributed by atoms with E-state index in [1.807, 2.05) is 36.4 Å². The van der Waals surface area contributed by atoms with Gasteiger partial charge >= 0.3 is 0 Å². The highest BCUT2D eigenvalue weighted by Crippen LogP contribution is 2.31. The van der Waals surface area contributed by atoms with Crippen molar-refractivity contribution in [3.05, 3.63) is 66.0 Å². The third-order valence-electron chi connectivity index (χ3n) is 4.23. The molecule has 5 heteroatoms. The topological polar surface area (TPSA) is 73.1 Å². The van der Waals surface area contributed by atoms with E-state index in [2.05, 4.69) is 48.2 Å². The van der Waals surface area contributed by atoms with Crippen molar-refractivity contribution >= 4 is 17.2 Å². The summed E-state index contributed by atoms with van der Waals surface area (Å²) in [7, 11) is 0. The maximum Gasteiger partial charge on any atom is 0.248 e. The number of aryl methyl sites for hydroxylation is 1. The maximum atomic E-state index is 6.20. The number of ether oxygens (including phenoxy) is 1. The third-order valence-corrected chi connectivity index (χ3v) is 4.23. The van der Waals surface area contributed by atoms with Crippen LogP contribution in [0.2, 0.25) is 0 Å². The van der Waals surface area contributed by atoms with E-state index in [1.165, 1.54) is 17.5 Å². The van der Waals surface area contributed by atoms with Crippen molar-refractivity contribution < 1.29 is 4.74 Å². The first-order chi connectivity index (χ1) is 12.6. The Balaban J connectivity index is 1.77. The molecule has 0 aliphatic rings. The molecule has 0 aliphatic heterocycles. The molecule has 0 spiro atoms. The van der Waals surface area contributed by atoms with Gasteiger partial charge in [-0.1, -0.05) is 45.0 Å². The van der Waals surface area contributed by atoms with Crippen LogP contribution in [0.15, 0.2) is 54.9 Å². The lowest BCUT2D eigenvalue weighted by atomic mass is 10.0. The fourth-order valence-corrected chi connectivity index (χ4v) is 2.55. The van der Waals surface area contributed by atoms with E-state index in [9.17, 15) is 0 Å². The van der Waals surface area contributed by atoms with Crippen LogP contribution in [0, 0.1) is 0 Å². The second-order valence-corrected chi connectivity index (χ2v) is 6.44. The monoisotopic (exact) mass is 348 g/mol. The number of benzene rings is 2. The molecule has 0 radical (unpaired) electrons. The fraction of sp³-hybridized carbons (Fsp3) is 0.238. The summed E-state index contributed by atoms with van der Waals surface area (Å²) in [5.74, 6) is 2.05. The number of anilines is 3. The molecule has 1 aromatic heterocycles. The molecule has 0 amide bonds. The van der Waals surface area contributed by atoms with Crippen LogP contribution in [0.3, 0.4) is 0 Å². The summed E-state index contributed by atoms with van der Waals surface area (Å²) in [5.41, 5.74) is 10.0. The molecule has 2 aromatic carbocycles. The van der Waals surface area contributed by atoms with Crippen LogP contribution in [-0.2, 0) is 6.42 Å². The summed E-state index contributed by atoms with van der Waals surface area (Å²) < 4.78 is 5.82. The van der Waals surface area contributed by atoms with Gasteiger partial charge in [-0.25, -0.2) is 4.98 Å². The Morgan fingerprint density at radius 1 is 1.00 bits per heavy atom. The Morgan fingerprint density at radius 3 is 2.31 bits per heavy atom.